The molecule has 3 aromatic rings. The average molecular weight is 446 g/mol. The number of primary amides is 1. The molecule has 0 spiro atoms. The predicted octanol–water partition coefficient (Wildman–Crippen LogP) is 3.97. The van der Waals surface area contributed by atoms with Crippen LogP contribution in [0, 0.1) is 19.8 Å². The van der Waals surface area contributed by atoms with Gasteiger partial charge in [-0.25, -0.2) is 4.98 Å². The van der Waals surface area contributed by atoms with Crippen LogP contribution in [0.1, 0.15) is 34.6 Å². The number of nitrogens with two attached hydrogens (primary N) is 1. The molecular weight excluding hydrogens is 418 g/mol. The molecule has 3 N–H and O–H groups in total. The molecule has 2 amide bonds. The Bertz CT molecular complexity index is 1180. The van der Waals surface area contributed by atoms with E-state index in [1.54, 1.807) is 35.4 Å². The molecule has 0 radical (unpaired) electrons. The number of pyridine rings is 2. The van der Waals surface area contributed by atoms with Gasteiger partial charge in [0.25, 0.3) is 5.91 Å². The fraction of sp³-hybridized carbons (Fsp3) is 0.280. The fourth-order valence-corrected chi connectivity index (χ4v) is 3.91. The monoisotopic (exact) mass is 445 g/mol. The van der Waals surface area contributed by atoms with Crippen LogP contribution in [0.25, 0.3) is 0 Å². The number of ether oxygens (including phenoxy) is 1. The number of nitrogens with zero attached hydrogens (tertiary/aromatic N) is 3. The molecule has 1 saturated heterocycles. The van der Waals surface area contributed by atoms with E-state index in [0.717, 1.165) is 29.9 Å². The van der Waals surface area contributed by atoms with Crippen molar-refractivity contribution in [3.63, 3.8) is 0 Å². The number of hydrogen-bond acceptors (Lipinski definition) is 6. The summed E-state index contributed by atoms with van der Waals surface area (Å²) in [6, 6.07) is 14.6. The molecule has 0 bridgehead atoms. The van der Waals surface area contributed by atoms with Crippen molar-refractivity contribution in [3.8, 4) is 11.5 Å². The Morgan fingerprint density at radius 3 is 2.79 bits per heavy atom. The second-order valence-electron chi connectivity index (χ2n) is 8.21. The zero-order valence-electron chi connectivity index (χ0n) is 18.7. The average Bonchev–Trinajstić information content (AvgIpc) is 2.81. The van der Waals surface area contributed by atoms with Crippen molar-refractivity contribution in [1.29, 1.82) is 0 Å². The van der Waals surface area contributed by atoms with E-state index in [1.165, 1.54) is 0 Å². The second-order valence-corrected chi connectivity index (χ2v) is 8.21. The van der Waals surface area contributed by atoms with Gasteiger partial charge in [-0.05, 0) is 63.1 Å². The van der Waals surface area contributed by atoms with E-state index in [9.17, 15) is 9.59 Å². The highest BCUT2D eigenvalue weighted by Gasteiger charge is 2.27. The van der Waals surface area contributed by atoms with E-state index in [1.807, 2.05) is 38.1 Å². The lowest BCUT2D eigenvalue weighted by atomic mass is 9.97. The third-order valence-electron chi connectivity index (χ3n) is 5.63. The Morgan fingerprint density at radius 1 is 1.15 bits per heavy atom. The van der Waals surface area contributed by atoms with E-state index in [2.05, 4.69) is 15.3 Å². The highest BCUT2D eigenvalue weighted by atomic mass is 16.5. The summed E-state index contributed by atoms with van der Waals surface area (Å²) < 4.78 is 5.97. The van der Waals surface area contributed by atoms with Crippen LogP contribution in [0.2, 0.25) is 0 Å². The normalized spacial score (nSPS) is 15.7. The molecular formula is C25H27N5O3. The van der Waals surface area contributed by atoms with Gasteiger partial charge in [0.05, 0.1) is 11.6 Å². The molecule has 1 unspecified atom stereocenters. The van der Waals surface area contributed by atoms with Crippen LogP contribution in [-0.4, -0.2) is 39.8 Å². The van der Waals surface area contributed by atoms with E-state index < -0.39 is 0 Å². The Hall–Kier alpha value is -3.94. The number of amides is 2. The van der Waals surface area contributed by atoms with Crippen molar-refractivity contribution < 1.29 is 14.3 Å². The van der Waals surface area contributed by atoms with E-state index in [-0.39, 0.29) is 17.7 Å². The molecule has 0 aliphatic carbocycles. The number of rotatable bonds is 6. The van der Waals surface area contributed by atoms with Crippen molar-refractivity contribution in [2.24, 2.45) is 11.7 Å². The Morgan fingerprint density at radius 2 is 2.00 bits per heavy atom. The maximum Gasteiger partial charge on any atom is 0.253 e. The van der Waals surface area contributed by atoms with Gasteiger partial charge in [0.15, 0.2) is 0 Å². The summed E-state index contributed by atoms with van der Waals surface area (Å²) >= 11 is 0. The summed E-state index contributed by atoms with van der Waals surface area (Å²) in [5, 5.41) is 3.23. The van der Waals surface area contributed by atoms with Gasteiger partial charge in [-0.3, -0.25) is 14.6 Å². The topological polar surface area (TPSA) is 110 Å². The quantitative estimate of drug-likeness (QED) is 0.594. The first-order valence-corrected chi connectivity index (χ1v) is 10.9. The summed E-state index contributed by atoms with van der Waals surface area (Å²) in [6.07, 6.45) is 3.15. The van der Waals surface area contributed by atoms with E-state index in [4.69, 9.17) is 10.5 Å². The largest absolute Gasteiger partial charge is 0.455 e. The summed E-state index contributed by atoms with van der Waals surface area (Å²) in [6.45, 7) is 4.82. The van der Waals surface area contributed by atoms with Gasteiger partial charge in [-0.1, -0.05) is 6.07 Å². The molecule has 3 heterocycles. The van der Waals surface area contributed by atoms with E-state index in [0.29, 0.717) is 36.0 Å². The third-order valence-corrected chi connectivity index (χ3v) is 5.63. The van der Waals surface area contributed by atoms with Gasteiger partial charge in [-0.2, -0.15) is 0 Å². The number of aromatic nitrogens is 2. The number of aryl methyl sites for hydroxylation is 2. The minimum atomic E-state index is -0.354. The maximum absolute atomic E-state index is 13.0. The van der Waals surface area contributed by atoms with Crippen LogP contribution in [-0.2, 0) is 4.79 Å². The second kappa shape index (κ2) is 9.68. The Labute approximate surface area is 192 Å². The highest BCUT2D eigenvalue weighted by Crippen LogP contribution is 2.27. The number of anilines is 2. The lowest BCUT2D eigenvalue weighted by Crippen LogP contribution is -2.44. The van der Waals surface area contributed by atoms with Crippen LogP contribution in [0.5, 0.6) is 11.5 Å². The highest BCUT2D eigenvalue weighted by molar-refractivity contribution is 5.95. The van der Waals surface area contributed by atoms with Crippen molar-refractivity contribution in [3.05, 3.63) is 71.7 Å². The number of carbonyl (C=O) groups excluding carboxylic acids is 2. The summed E-state index contributed by atoms with van der Waals surface area (Å²) in [5.74, 6) is 1.13. The van der Waals surface area contributed by atoms with Crippen LogP contribution < -0.4 is 15.8 Å². The molecule has 1 aliphatic rings. The molecule has 1 aliphatic heterocycles. The number of benzene rings is 1. The van der Waals surface area contributed by atoms with Crippen LogP contribution in [0.15, 0.2) is 54.7 Å². The van der Waals surface area contributed by atoms with Crippen molar-refractivity contribution in [1.82, 2.24) is 14.9 Å². The molecule has 8 nitrogen and oxygen atoms in total. The first-order chi connectivity index (χ1) is 15.9. The summed E-state index contributed by atoms with van der Waals surface area (Å²) in [7, 11) is 0. The third kappa shape index (κ3) is 5.46. The molecule has 0 saturated carbocycles. The molecule has 4 rings (SSSR count). The molecule has 8 heteroatoms. The minimum Gasteiger partial charge on any atom is -0.455 e. The zero-order valence-corrected chi connectivity index (χ0v) is 18.7. The van der Waals surface area contributed by atoms with Gasteiger partial charge in [-0.15, -0.1) is 0 Å². The molecule has 1 atom stereocenters. The van der Waals surface area contributed by atoms with Crippen LogP contribution in [0.3, 0.4) is 0 Å². The number of carbonyl (C=O) groups is 2. The van der Waals surface area contributed by atoms with Gasteiger partial charge < -0.3 is 20.7 Å². The summed E-state index contributed by atoms with van der Waals surface area (Å²) in [4.78, 5) is 35.0. The molecule has 2 aromatic heterocycles. The summed E-state index contributed by atoms with van der Waals surface area (Å²) in [5.41, 5.74) is 8.45. The van der Waals surface area contributed by atoms with Gasteiger partial charge in [0.2, 0.25) is 5.91 Å². The number of likely N-dealkylation sites (tertiary alicyclic amines) is 1. The first-order valence-electron chi connectivity index (χ1n) is 10.9. The first kappa shape index (κ1) is 22.3. The smallest absolute Gasteiger partial charge is 0.253 e. The maximum atomic E-state index is 13.0. The van der Waals surface area contributed by atoms with Gasteiger partial charge in [0.1, 0.15) is 17.3 Å². The number of hydrogen-bond donors (Lipinski definition) is 2. The fourth-order valence-electron chi connectivity index (χ4n) is 3.91. The lowest BCUT2D eigenvalue weighted by Gasteiger charge is -2.31. The number of piperidine rings is 1. The van der Waals surface area contributed by atoms with Gasteiger partial charge >= 0.3 is 0 Å². The SMILES string of the molecule is Cc1ccc(Oc2ccnc(Nc3cccc(C(=O)N4CCCC(C(N)=O)C4)c3)c2)c(C)n1. The Balaban J connectivity index is 1.47. The minimum absolute atomic E-state index is 0.114. The van der Waals surface area contributed by atoms with Crippen molar-refractivity contribution in [2.45, 2.75) is 26.7 Å². The van der Waals surface area contributed by atoms with Crippen molar-refractivity contribution in [2.75, 3.05) is 18.4 Å². The lowest BCUT2D eigenvalue weighted by molar-refractivity contribution is -0.123. The standard InChI is InChI=1S/C25H27N5O3/c1-16-8-9-22(17(2)28-16)33-21-10-11-27-23(14-21)29-20-7-3-5-18(13-20)25(32)30-12-4-6-19(15-30)24(26)31/h3,5,7-11,13-14,19H,4,6,12,15H2,1-2H3,(H2,26,31)(H,27,29). The molecule has 170 valence electrons. The zero-order chi connectivity index (χ0) is 23.4. The Kier molecular flexibility index (Phi) is 6.53. The molecule has 1 aromatic carbocycles. The molecule has 1 fully saturated rings. The van der Waals surface area contributed by atoms with E-state index >= 15 is 0 Å². The van der Waals surface area contributed by atoms with Gasteiger partial charge in [0, 0.05) is 42.3 Å². The number of nitrogens with one attached hydrogen (secondary N) is 1. The predicted molar refractivity (Wildman–Crippen MR) is 126 cm³/mol. The van der Waals surface area contributed by atoms with Crippen LogP contribution >= 0.6 is 0 Å². The van der Waals surface area contributed by atoms with Crippen molar-refractivity contribution >= 4 is 23.3 Å². The molecule has 33 heavy (non-hydrogen) atoms. The van der Waals surface area contributed by atoms with Crippen LogP contribution in [0.4, 0.5) is 11.5 Å².